The molecule has 0 aromatic heterocycles. The fourth-order valence-corrected chi connectivity index (χ4v) is 2.95. The van der Waals surface area contributed by atoms with Crippen LogP contribution in [0.3, 0.4) is 0 Å². The maximum atomic E-state index is 11.3. The summed E-state index contributed by atoms with van der Waals surface area (Å²) in [7, 11) is 0. The first-order chi connectivity index (χ1) is 15.3. The van der Waals surface area contributed by atoms with Crippen LogP contribution in [0, 0.1) is 0 Å². The predicted octanol–water partition coefficient (Wildman–Crippen LogP) is -2.63. The maximum Gasteiger partial charge on any atom is 0.332 e. The number of hydrogen-bond acceptors (Lipinski definition) is 10. The maximum absolute atomic E-state index is 11.3. The Labute approximate surface area is 220 Å². The van der Waals surface area contributed by atoms with Crippen molar-refractivity contribution in [3.05, 3.63) is 0 Å². The summed E-state index contributed by atoms with van der Waals surface area (Å²) in [6.07, 6.45) is 0. The number of carboxylic acids is 4. The van der Waals surface area contributed by atoms with Crippen molar-refractivity contribution in [3.63, 3.8) is 0 Å². The average molecular weight is 507 g/mol. The van der Waals surface area contributed by atoms with Crippen molar-refractivity contribution in [1.29, 1.82) is 0 Å². The summed E-state index contributed by atoms with van der Waals surface area (Å²) in [5.41, 5.74) is 0. The molecule has 1 heterocycles. The van der Waals surface area contributed by atoms with E-state index < -0.39 is 36.0 Å². The standard InChI is InChI=1S/C18H30N2O12.Ca/c21-15(22)13(16(23)24)19-1-5-29-9-10-31-7-3-20(14(17(25)26)18(27)28)4-8-32-12-11-30-6-2-19;/h13-14H,1-12H2,(H,21,22)(H,23,24)(H,25,26)(H,27,28);. The molecule has 0 aromatic rings. The monoisotopic (exact) mass is 506 g/mol. The van der Waals surface area contributed by atoms with Gasteiger partial charge in [-0.25, -0.2) is 19.2 Å². The quantitative estimate of drug-likeness (QED) is 0.216. The van der Waals surface area contributed by atoms with Gasteiger partial charge in [0.15, 0.2) is 0 Å². The van der Waals surface area contributed by atoms with Gasteiger partial charge in [-0.1, -0.05) is 0 Å². The molecule has 14 nitrogen and oxygen atoms in total. The molecule has 0 spiro atoms. The molecular weight excluding hydrogens is 476 g/mol. The zero-order chi connectivity index (χ0) is 23.9. The molecule has 1 fully saturated rings. The van der Waals surface area contributed by atoms with Crippen LogP contribution in [0.2, 0.25) is 0 Å². The number of aliphatic carboxylic acids is 4. The van der Waals surface area contributed by atoms with E-state index in [9.17, 15) is 39.6 Å². The van der Waals surface area contributed by atoms with Crippen LogP contribution in [-0.2, 0) is 38.1 Å². The van der Waals surface area contributed by atoms with Crippen LogP contribution in [0.1, 0.15) is 0 Å². The molecule has 0 amide bonds. The fourth-order valence-electron chi connectivity index (χ4n) is 2.95. The molecule has 4 N–H and O–H groups in total. The summed E-state index contributed by atoms with van der Waals surface area (Å²) in [6, 6.07) is -3.47. The molecule has 1 aliphatic heterocycles. The van der Waals surface area contributed by atoms with E-state index in [2.05, 4.69) is 0 Å². The molecule has 0 unspecified atom stereocenters. The van der Waals surface area contributed by atoms with Gasteiger partial charge in [0.1, 0.15) is 0 Å². The van der Waals surface area contributed by atoms with Crippen LogP contribution in [0.4, 0.5) is 0 Å². The van der Waals surface area contributed by atoms with E-state index in [4.69, 9.17) is 18.9 Å². The fraction of sp³-hybridized carbons (Fsp3) is 0.778. The molecule has 1 saturated heterocycles. The van der Waals surface area contributed by atoms with Crippen molar-refractivity contribution in [2.75, 3.05) is 79.0 Å². The number of rotatable bonds is 6. The molecule has 0 saturated carbocycles. The smallest absolute Gasteiger partial charge is 0.332 e. The van der Waals surface area contributed by atoms with Gasteiger partial charge >= 0.3 is 23.9 Å². The normalized spacial score (nSPS) is 19.2. The third kappa shape index (κ3) is 12.8. The summed E-state index contributed by atoms with van der Waals surface area (Å²) in [4.78, 5) is 47.7. The minimum Gasteiger partial charge on any atom is -0.480 e. The predicted molar refractivity (Wildman–Crippen MR) is 110 cm³/mol. The Morgan fingerprint density at radius 3 is 0.879 bits per heavy atom. The largest absolute Gasteiger partial charge is 0.480 e. The van der Waals surface area contributed by atoms with Crippen molar-refractivity contribution in [2.24, 2.45) is 0 Å². The van der Waals surface area contributed by atoms with E-state index in [1.165, 1.54) is 9.80 Å². The number of carboxylic acid groups (broad SMARTS) is 4. The van der Waals surface area contributed by atoms with E-state index in [0.717, 1.165) is 0 Å². The van der Waals surface area contributed by atoms with Gasteiger partial charge in [0.05, 0.1) is 52.9 Å². The van der Waals surface area contributed by atoms with Crippen molar-refractivity contribution < 1.29 is 58.6 Å². The van der Waals surface area contributed by atoms with E-state index in [0.29, 0.717) is 0 Å². The van der Waals surface area contributed by atoms with Gasteiger partial charge in [-0.2, -0.15) is 0 Å². The summed E-state index contributed by atoms with van der Waals surface area (Å²) in [5, 5.41) is 36.8. The second-order valence-corrected chi connectivity index (χ2v) is 6.68. The molecule has 0 aromatic carbocycles. The Hall–Kier alpha value is -1.10. The number of nitrogens with zero attached hydrogens (tertiary/aromatic N) is 2. The molecular formula is C18H30CaN2O12. The zero-order valence-electron chi connectivity index (χ0n) is 18.3. The van der Waals surface area contributed by atoms with Crippen molar-refractivity contribution in [2.45, 2.75) is 12.1 Å². The molecule has 0 aliphatic carbocycles. The molecule has 186 valence electrons. The Kier molecular flexibility index (Phi) is 17.6. The molecule has 1 rings (SSSR count). The molecule has 1 aliphatic rings. The second-order valence-electron chi connectivity index (χ2n) is 6.68. The average Bonchev–Trinajstić information content (AvgIpc) is 2.69. The number of ether oxygens (including phenoxy) is 4. The number of carbonyl (C=O) groups is 4. The number of hydrogen-bond donors (Lipinski definition) is 4. The van der Waals surface area contributed by atoms with Crippen LogP contribution in [-0.4, -0.2) is 183 Å². The Morgan fingerprint density at radius 2 is 0.697 bits per heavy atom. The third-order valence-corrected chi connectivity index (χ3v) is 4.50. The van der Waals surface area contributed by atoms with E-state index in [-0.39, 0.29) is 117 Å². The van der Waals surface area contributed by atoms with Crippen LogP contribution in [0.5, 0.6) is 0 Å². The Morgan fingerprint density at radius 1 is 0.485 bits per heavy atom. The first kappa shape index (κ1) is 31.9. The Bertz CT molecular complexity index is 523. The van der Waals surface area contributed by atoms with Crippen LogP contribution >= 0.6 is 0 Å². The van der Waals surface area contributed by atoms with Gasteiger partial charge in [-0.3, -0.25) is 9.80 Å². The van der Waals surface area contributed by atoms with E-state index in [1.54, 1.807) is 0 Å². The minimum atomic E-state index is -1.73. The summed E-state index contributed by atoms with van der Waals surface area (Å²) < 4.78 is 21.4. The van der Waals surface area contributed by atoms with Gasteiger partial charge in [-0.15, -0.1) is 0 Å². The minimum absolute atomic E-state index is 0. The van der Waals surface area contributed by atoms with Crippen LogP contribution in [0.25, 0.3) is 0 Å². The van der Waals surface area contributed by atoms with Gasteiger partial charge in [-0.05, 0) is 0 Å². The summed E-state index contributed by atoms with van der Waals surface area (Å²) >= 11 is 0. The van der Waals surface area contributed by atoms with Crippen molar-refractivity contribution in [3.8, 4) is 0 Å². The summed E-state index contributed by atoms with van der Waals surface area (Å²) in [6.45, 7) is 0.854. The van der Waals surface area contributed by atoms with Crippen molar-refractivity contribution >= 4 is 61.6 Å². The van der Waals surface area contributed by atoms with Gasteiger partial charge in [0, 0.05) is 63.9 Å². The first-order valence-electron chi connectivity index (χ1n) is 9.96. The van der Waals surface area contributed by atoms with Gasteiger partial charge in [0.25, 0.3) is 0 Å². The summed E-state index contributed by atoms with van der Waals surface area (Å²) in [5.74, 6) is -5.96. The van der Waals surface area contributed by atoms with Crippen LogP contribution < -0.4 is 0 Å². The second kappa shape index (κ2) is 18.3. The molecule has 33 heavy (non-hydrogen) atoms. The molecule has 15 heteroatoms. The topological polar surface area (TPSA) is 193 Å². The Balaban J connectivity index is 0.0000102. The first-order valence-corrected chi connectivity index (χ1v) is 9.96. The molecule has 2 radical (unpaired) electrons. The van der Waals surface area contributed by atoms with Gasteiger partial charge in [0.2, 0.25) is 12.1 Å². The SMILES string of the molecule is O=C(O)C(C(=O)O)N1CCOCCOCCN(C(C(=O)O)C(=O)O)CCOCCOCC1.[Ca]. The van der Waals surface area contributed by atoms with E-state index >= 15 is 0 Å². The van der Waals surface area contributed by atoms with Crippen LogP contribution in [0.15, 0.2) is 0 Å². The third-order valence-electron chi connectivity index (χ3n) is 4.50. The molecule has 0 atom stereocenters. The van der Waals surface area contributed by atoms with E-state index in [1.807, 2.05) is 0 Å². The van der Waals surface area contributed by atoms with Gasteiger partial charge < -0.3 is 39.4 Å². The van der Waals surface area contributed by atoms with Crippen molar-refractivity contribution in [1.82, 2.24) is 9.80 Å². The molecule has 0 bridgehead atoms. The zero-order valence-corrected chi connectivity index (χ0v) is 20.5.